The Balaban J connectivity index is 3.35. The molecule has 0 saturated heterocycles. The molecular formula is C7H4BrF3O2. The van der Waals surface area contributed by atoms with E-state index in [1.807, 2.05) is 0 Å². The largest absolute Gasteiger partial charge is 0.504 e. The summed E-state index contributed by atoms with van der Waals surface area (Å²) in [6.45, 7) is 0. The molecule has 0 saturated carbocycles. The van der Waals surface area contributed by atoms with Crippen molar-refractivity contribution in [2.24, 2.45) is 0 Å². The van der Waals surface area contributed by atoms with Gasteiger partial charge < -0.3 is 10.2 Å². The third-order valence-electron chi connectivity index (χ3n) is 1.41. The van der Waals surface area contributed by atoms with E-state index in [0.717, 1.165) is 6.07 Å². The van der Waals surface area contributed by atoms with Gasteiger partial charge in [-0.2, -0.15) is 13.2 Å². The van der Waals surface area contributed by atoms with E-state index in [4.69, 9.17) is 10.2 Å². The standard InChI is InChI=1S/C7H4BrF3O2/c8-4-2-1-3(7(9,10)11)5(12)6(4)13/h1-2,12-13H. The van der Waals surface area contributed by atoms with E-state index in [-0.39, 0.29) is 4.47 Å². The van der Waals surface area contributed by atoms with Crippen LogP contribution in [0, 0.1) is 0 Å². The Morgan fingerprint density at radius 1 is 1.08 bits per heavy atom. The molecule has 72 valence electrons. The number of phenolic OH excluding ortho intramolecular Hbond substituents is 2. The van der Waals surface area contributed by atoms with Crippen LogP contribution in [0.2, 0.25) is 0 Å². The molecule has 0 spiro atoms. The van der Waals surface area contributed by atoms with Crippen molar-refractivity contribution in [3.63, 3.8) is 0 Å². The molecule has 0 aromatic heterocycles. The van der Waals surface area contributed by atoms with E-state index in [0.29, 0.717) is 6.07 Å². The number of benzene rings is 1. The predicted octanol–water partition coefficient (Wildman–Crippen LogP) is 2.88. The van der Waals surface area contributed by atoms with Gasteiger partial charge in [-0.15, -0.1) is 0 Å². The maximum atomic E-state index is 12.1. The Bertz CT molecular complexity index is 335. The normalized spacial score (nSPS) is 11.7. The SMILES string of the molecule is Oc1c(Br)ccc(C(F)(F)F)c1O. The third-order valence-corrected chi connectivity index (χ3v) is 2.05. The van der Waals surface area contributed by atoms with Gasteiger partial charge >= 0.3 is 6.18 Å². The fraction of sp³-hybridized carbons (Fsp3) is 0.143. The molecule has 2 N–H and O–H groups in total. The zero-order chi connectivity index (χ0) is 10.2. The summed E-state index contributed by atoms with van der Waals surface area (Å²) in [5.41, 5.74) is -1.26. The van der Waals surface area contributed by atoms with Crippen molar-refractivity contribution in [3.05, 3.63) is 22.2 Å². The summed E-state index contributed by atoms with van der Waals surface area (Å²) in [5, 5.41) is 17.9. The molecule has 0 heterocycles. The second kappa shape index (κ2) is 3.10. The van der Waals surface area contributed by atoms with E-state index in [1.54, 1.807) is 0 Å². The Morgan fingerprint density at radius 3 is 2.08 bits per heavy atom. The molecule has 0 atom stereocenters. The first-order valence-electron chi connectivity index (χ1n) is 3.11. The van der Waals surface area contributed by atoms with Gasteiger partial charge in [0.2, 0.25) is 0 Å². The number of phenols is 2. The summed E-state index contributed by atoms with van der Waals surface area (Å²) in [5.74, 6) is -1.98. The predicted molar refractivity (Wildman–Crippen MR) is 42.5 cm³/mol. The summed E-state index contributed by atoms with van der Waals surface area (Å²) in [6.07, 6.45) is -4.66. The molecular weight excluding hydrogens is 253 g/mol. The highest BCUT2D eigenvalue weighted by Gasteiger charge is 2.35. The topological polar surface area (TPSA) is 40.5 Å². The van der Waals surface area contributed by atoms with Crippen molar-refractivity contribution in [3.8, 4) is 11.5 Å². The van der Waals surface area contributed by atoms with Crippen LogP contribution in [-0.4, -0.2) is 10.2 Å². The lowest BCUT2D eigenvalue weighted by Crippen LogP contribution is -2.04. The Morgan fingerprint density at radius 2 is 1.62 bits per heavy atom. The number of hydrogen-bond donors (Lipinski definition) is 2. The van der Waals surface area contributed by atoms with E-state index in [9.17, 15) is 13.2 Å². The van der Waals surface area contributed by atoms with Crippen LogP contribution in [0.4, 0.5) is 13.2 Å². The van der Waals surface area contributed by atoms with Crippen LogP contribution < -0.4 is 0 Å². The van der Waals surface area contributed by atoms with Crippen LogP contribution in [0.25, 0.3) is 0 Å². The zero-order valence-corrected chi connectivity index (χ0v) is 7.65. The average Bonchev–Trinajstić information content (AvgIpc) is 1.98. The van der Waals surface area contributed by atoms with E-state index in [1.165, 1.54) is 0 Å². The highest BCUT2D eigenvalue weighted by Crippen LogP contribution is 2.43. The first-order valence-corrected chi connectivity index (χ1v) is 3.91. The minimum absolute atomic E-state index is 0.0120. The molecule has 1 aromatic rings. The Labute approximate surface area is 79.7 Å². The summed E-state index contributed by atoms with van der Waals surface area (Å²) in [6, 6.07) is 1.69. The Kier molecular flexibility index (Phi) is 2.42. The molecule has 0 bridgehead atoms. The number of rotatable bonds is 0. The first kappa shape index (κ1) is 10.2. The van der Waals surface area contributed by atoms with Gasteiger partial charge in [0.05, 0.1) is 4.47 Å². The quantitative estimate of drug-likeness (QED) is 0.701. The van der Waals surface area contributed by atoms with Crippen molar-refractivity contribution in [2.45, 2.75) is 6.18 Å². The van der Waals surface area contributed by atoms with Gasteiger partial charge in [-0.05, 0) is 28.1 Å². The van der Waals surface area contributed by atoms with E-state index < -0.39 is 23.2 Å². The second-order valence-electron chi connectivity index (χ2n) is 2.29. The molecule has 0 aliphatic rings. The molecule has 6 heteroatoms. The maximum absolute atomic E-state index is 12.1. The van der Waals surface area contributed by atoms with Gasteiger partial charge in [0.25, 0.3) is 0 Å². The van der Waals surface area contributed by atoms with Gasteiger partial charge in [0.15, 0.2) is 11.5 Å². The van der Waals surface area contributed by atoms with Gasteiger partial charge in [-0.25, -0.2) is 0 Å². The van der Waals surface area contributed by atoms with Gasteiger partial charge in [0.1, 0.15) is 5.56 Å². The summed E-state index contributed by atoms with van der Waals surface area (Å²) >= 11 is 2.77. The summed E-state index contributed by atoms with van der Waals surface area (Å²) in [4.78, 5) is 0. The Hall–Kier alpha value is -0.910. The molecule has 1 rings (SSSR count). The first-order chi connectivity index (χ1) is 5.84. The number of hydrogen-bond acceptors (Lipinski definition) is 2. The number of alkyl halides is 3. The lowest BCUT2D eigenvalue weighted by atomic mass is 10.2. The highest BCUT2D eigenvalue weighted by molar-refractivity contribution is 9.10. The fourth-order valence-corrected chi connectivity index (χ4v) is 1.10. The lowest BCUT2D eigenvalue weighted by Gasteiger charge is -2.10. The molecule has 0 aliphatic carbocycles. The summed E-state index contributed by atoms with van der Waals surface area (Å²) < 4.78 is 36.2. The van der Waals surface area contributed by atoms with Crippen molar-refractivity contribution >= 4 is 15.9 Å². The molecule has 0 amide bonds. The third kappa shape index (κ3) is 1.88. The van der Waals surface area contributed by atoms with Gasteiger partial charge in [-0.1, -0.05) is 0 Å². The molecule has 1 aromatic carbocycles. The molecule has 0 fully saturated rings. The molecule has 13 heavy (non-hydrogen) atoms. The van der Waals surface area contributed by atoms with Crippen LogP contribution in [0.15, 0.2) is 16.6 Å². The van der Waals surface area contributed by atoms with Gasteiger partial charge in [-0.3, -0.25) is 0 Å². The van der Waals surface area contributed by atoms with Crippen molar-refractivity contribution < 1.29 is 23.4 Å². The number of aromatic hydroxyl groups is 2. The van der Waals surface area contributed by atoms with E-state index >= 15 is 0 Å². The highest BCUT2D eigenvalue weighted by atomic mass is 79.9. The number of halogens is 4. The van der Waals surface area contributed by atoms with Crippen LogP contribution >= 0.6 is 15.9 Å². The molecule has 2 nitrogen and oxygen atoms in total. The van der Waals surface area contributed by atoms with Crippen LogP contribution in [0.1, 0.15) is 5.56 Å². The zero-order valence-electron chi connectivity index (χ0n) is 6.06. The van der Waals surface area contributed by atoms with Crippen LogP contribution in [0.5, 0.6) is 11.5 Å². The average molecular weight is 257 g/mol. The second-order valence-corrected chi connectivity index (χ2v) is 3.14. The molecule has 0 unspecified atom stereocenters. The van der Waals surface area contributed by atoms with E-state index in [2.05, 4.69) is 15.9 Å². The lowest BCUT2D eigenvalue weighted by molar-refractivity contribution is -0.138. The molecule has 0 radical (unpaired) electrons. The van der Waals surface area contributed by atoms with Crippen molar-refractivity contribution in [1.82, 2.24) is 0 Å². The van der Waals surface area contributed by atoms with Crippen LogP contribution in [0.3, 0.4) is 0 Å². The van der Waals surface area contributed by atoms with Crippen molar-refractivity contribution in [2.75, 3.05) is 0 Å². The minimum Gasteiger partial charge on any atom is -0.504 e. The van der Waals surface area contributed by atoms with Crippen LogP contribution in [-0.2, 0) is 6.18 Å². The smallest absolute Gasteiger partial charge is 0.420 e. The monoisotopic (exact) mass is 256 g/mol. The minimum atomic E-state index is -4.66. The fourth-order valence-electron chi connectivity index (χ4n) is 0.784. The van der Waals surface area contributed by atoms with Gasteiger partial charge in [0, 0.05) is 0 Å². The maximum Gasteiger partial charge on any atom is 0.420 e. The van der Waals surface area contributed by atoms with Crippen molar-refractivity contribution in [1.29, 1.82) is 0 Å². The molecule has 0 aliphatic heterocycles. The summed E-state index contributed by atoms with van der Waals surface area (Å²) in [7, 11) is 0.